The zero-order chi connectivity index (χ0) is 21.4. The molecule has 2 heterocycles. The molecule has 0 bridgehead atoms. The number of hydrogen-bond acceptors (Lipinski definition) is 4. The first-order valence-corrected chi connectivity index (χ1v) is 10.7. The quantitative estimate of drug-likeness (QED) is 0.373. The zero-order valence-corrected chi connectivity index (χ0v) is 18.3. The van der Waals surface area contributed by atoms with E-state index >= 15 is 0 Å². The summed E-state index contributed by atoms with van der Waals surface area (Å²) < 4.78 is 7.13. The molecule has 4 aromatic rings. The molecule has 0 aliphatic carbocycles. The molecule has 152 valence electrons. The van der Waals surface area contributed by atoms with Crippen LogP contribution in [-0.2, 0) is 9.53 Å². The predicted octanol–water partition coefficient (Wildman–Crippen LogP) is 5.90. The second-order valence-electron chi connectivity index (χ2n) is 7.20. The van der Waals surface area contributed by atoms with Gasteiger partial charge in [0.2, 0.25) is 18.0 Å². The van der Waals surface area contributed by atoms with Crippen LogP contribution in [-0.4, -0.2) is 21.8 Å². The van der Waals surface area contributed by atoms with Crippen molar-refractivity contribution >= 4 is 38.6 Å². The van der Waals surface area contributed by atoms with Crippen molar-refractivity contribution in [3.8, 4) is 11.3 Å². The number of benzene rings is 3. The van der Waals surface area contributed by atoms with Crippen LogP contribution >= 0.6 is 15.9 Å². The first-order chi connectivity index (χ1) is 15.1. The largest absolute Gasteiger partial charge is 0.446 e. The van der Waals surface area contributed by atoms with E-state index in [0.717, 1.165) is 37.8 Å². The van der Waals surface area contributed by atoms with Gasteiger partial charge >= 0.3 is 0 Å². The van der Waals surface area contributed by atoms with Gasteiger partial charge in [0.25, 0.3) is 0 Å². The lowest BCUT2D eigenvalue weighted by Gasteiger charge is -2.21. The van der Waals surface area contributed by atoms with Crippen LogP contribution in [0.3, 0.4) is 0 Å². The molecule has 3 aromatic carbocycles. The van der Waals surface area contributed by atoms with E-state index in [0.29, 0.717) is 5.90 Å². The SMILES string of the molecule is CC(=O)N1N=C(c2ccccc2Br)O[C@H]1c1cc(-c2ccccc2)nc2ccccc12. The standard InChI is InChI=1S/C25H18BrN3O2/c1-16(30)29-25(31-24(28-29)19-12-5-7-13-21(19)26)20-15-23(17-9-3-2-4-10-17)27-22-14-8-6-11-18(20)22/h2-15,25H,1H3/t25-/m0/s1. The lowest BCUT2D eigenvalue weighted by molar-refractivity contribution is -0.135. The van der Waals surface area contributed by atoms with Crippen molar-refractivity contribution in [3.63, 3.8) is 0 Å². The van der Waals surface area contributed by atoms with Gasteiger partial charge in [0.1, 0.15) is 0 Å². The molecule has 0 saturated heterocycles. The average Bonchev–Trinajstić information content (AvgIpc) is 3.25. The van der Waals surface area contributed by atoms with E-state index in [9.17, 15) is 4.79 Å². The van der Waals surface area contributed by atoms with Gasteiger partial charge in [-0.1, -0.05) is 60.7 Å². The van der Waals surface area contributed by atoms with Crippen molar-refractivity contribution in [3.05, 3.63) is 101 Å². The summed E-state index contributed by atoms with van der Waals surface area (Å²) in [6.07, 6.45) is -0.685. The van der Waals surface area contributed by atoms with E-state index in [-0.39, 0.29) is 5.91 Å². The topological polar surface area (TPSA) is 54.8 Å². The molecule has 0 N–H and O–H groups in total. The molecule has 5 rings (SSSR count). The monoisotopic (exact) mass is 471 g/mol. The maximum absolute atomic E-state index is 12.5. The number of carbonyl (C=O) groups is 1. The van der Waals surface area contributed by atoms with E-state index in [4.69, 9.17) is 9.72 Å². The third-order valence-corrected chi connectivity index (χ3v) is 5.85. The van der Waals surface area contributed by atoms with E-state index in [1.807, 2.05) is 84.9 Å². The van der Waals surface area contributed by atoms with Gasteiger partial charge in [-0.25, -0.2) is 4.98 Å². The summed E-state index contributed by atoms with van der Waals surface area (Å²) in [5.41, 5.74) is 4.27. The average molecular weight is 472 g/mol. The maximum atomic E-state index is 12.5. The van der Waals surface area contributed by atoms with Crippen LogP contribution in [0.15, 0.2) is 94.5 Å². The van der Waals surface area contributed by atoms with Crippen molar-refractivity contribution in [1.29, 1.82) is 0 Å². The number of rotatable bonds is 3. The Kier molecular flexibility index (Phi) is 5.00. The van der Waals surface area contributed by atoms with E-state index in [1.54, 1.807) is 0 Å². The summed E-state index contributed by atoms with van der Waals surface area (Å²) >= 11 is 3.55. The molecular formula is C25H18BrN3O2. The van der Waals surface area contributed by atoms with Gasteiger partial charge in [0.05, 0.1) is 16.8 Å². The number of hydrazone groups is 1. The molecular weight excluding hydrogens is 454 g/mol. The fraction of sp³-hybridized carbons (Fsp3) is 0.0800. The molecule has 0 spiro atoms. The number of ether oxygens (including phenoxy) is 1. The summed E-state index contributed by atoms with van der Waals surface area (Å²) in [6.45, 7) is 1.49. The number of amides is 1. The first-order valence-electron chi connectivity index (χ1n) is 9.87. The second-order valence-corrected chi connectivity index (χ2v) is 8.05. The predicted molar refractivity (Wildman–Crippen MR) is 124 cm³/mol. The van der Waals surface area contributed by atoms with Crippen LogP contribution in [0, 0.1) is 0 Å². The number of para-hydroxylation sites is 1. The zero-order valence-electron chi connectivity index (χ0n) is 16.7. The summed E-state index contributed by atoms with van der Waals surface area (Å²) in [6, 6.07) is 27.5. The summed E-state index contributed by atoms with van der Waals surface area (Å²) in [5.74, 6) is 0.198. The summed E-state index contributed by atoms with van der Waals surface area (Å²) in [4.78, 5) is 17.3. The molecule has 0 unspecified atom stereocenters. The Morgan fingerprint density at radius 1 is 0.968 bits per heavy atom. The molecule has 5 nitrogen and oxygen atoms in total. The van der Waals surface area contributed by atoms with Crippen LogP contribution in [0.1, 0.15) is 24.3 Å². The van der Waals surface area contributed by atoms with E-state index in [1.165, 1.54) is 11.9 Å². The number of hydrogen-bond donors (Lipinski definition) is 0. The van der Waals surface area contributed by atoms with Crippen molar-refractivity contribution in [1.82, 2.24) is 9.99 Å². The third kappa shape index (κ3) is 3.59. The number of fused-ring (bicyclic) bond motifs is 1. The van der Waals surface area contributed by atoms with Gasteiger partial charge in [0.15, 0.2) is 0 Å². The van der Waals surface area contributed by atoms with Crippen LogP contribution in [0.25, 0.3) is 22.2 Å². The Hall–Kier alpha value is -3.51. The molecule has 1 atom stereocenters. The molecule has 6 heteroatoms. The molecule has 31 heavy (non-hydrogen) atoms. The fourth-order valence-corrected chi connectivity index (χ4v) is 4.13. The van der Waals surface area contributed by atoms with Gasteiger partial charge < -0.3 is 4.74 Å². The second kappa shape index (κ2) is 7.96. The Labute approximate surface area is 188 Å². The van der Waals surface area contributed by atoms with E-state index in [2.05, 4.69) is 21.0 Å². The Bertz CT molecular complexity index is 1320. The molecule has 1 aliphatic heterocycles. The van der Waals surface area contributed by atoms with Gasteiger partial charge in [-0.2, -0.15) is 5.01 Å². The minimum Gasteiger partial charge on any atom is -0.446 e. The number of halogens is 1. The maximum Gasteiger partial charge on any atom is 0.243 e. The van der Waals surface area contributed by atoms with Gasteiger partial charge in [-0.15, -0.1) is 5.10 Å². The van der Waals surface area contributed by atoms with Gasteiger partial charge in [0, 0.05) is 27.9 Å². The summed E-state index contributed by atoms with van der Waals surface area (Å²) in [5, 5.41) is 6.83. The smallest absolute Gasteiger partial charge is 0.243 e. The lowest BCUT2D eigenvalue weighted by atomic mass is 10.0. The molecule has 0 saturated carbocycles. The van der Waals surface area contributed by atoms with Crippen molar-refractivity contribution in [2.75, 3.05) is 0 Å². The molecule has 0 fully saturated rings. The highest BCUT2D eigenvalue weighted by atomic mass is 79.9. The molecule has 0 radical (unpaired) electrons. The third-order valence-electron chi connectivity index (χ3n) is 5.15. The van der Waals surface area contributed by atoms with Gasteiger partial charge in [-0.3, -0.25) is 4.79 Å². The van der Waals surface area contributed by atoms with Crippen molar-refractivity contribution in [2.24, 2.45) is 5.10 Å². The number of carbonyl (C=O) groups excluding carboxylic acids is 1. The van der Waals surface area contributed by atoms with Crippen molar-refractivity contribution in [2.45, 2.75) is 13.2 Å². The number of aromatic nitrogens is 1. The lowest BCUT2D eigenvalue weighted by Crippen LogP contribution is -2.25. The van der Waals surface area contributed by atoms with Crippen LogP contribution < -0.4 is 0 Å². The van der Waals surface area contributed by atoms with Crippen LogP contribution in [0.4, 0.5) is 0 Å². The highest BCUT2D eigenvalue weighted by Gasteiger charge is 2.35. The van der Waals surface area contributed by atoms with Crippen LogP contribution in [0.5, 0.6) is 0 Å². The summed E-state index contributed by atoms with van der Waals surface area (Å²) in [7, 11) is 0. The Morgan fingerprint density at radius 2 is 1.68 bits per heavy atom. The number of pyridine rings is 1. The highest BCUT2D eigenvalue weighted by Crippen LogP contribution is 2.37. The Balaban J connectivity index is 1.66. The first kappa shape index (κ1) is 19.5. The fourth-order valence-electron chi connectivity index (χ4n) is 3.68. The minimum absolute atomic E-state index is 0.200. The molecule has 1 amide bonds. The van der Waals surface area contributed by atoms with Crippen LogP contribution in [0.2, 0.25) is 0 Å². The highest BCUT2D eigenvalue weighted by molar-refractivity contribution is 9.10. The minimum atomic E-state index is -0.685. The molecule has 1 aliphatic rings. The number of nitrogens with zero attached hydrogens (tertiary/aromatic N) is 3. The van der Waals surface area contributed by atoms with E-state index < -0.39 is 6.23 Å². The van der Waals surface area contributed by atoms with Crippen molar-refractivity contribution < 1.29 is 9.53 Å². The van der Waals surface area contributed by atoms with Gasteiger partial charge in [-0.05, 0) is 40.2 Å². The molecule has 1 aromatic heterocycles. The Morgan fingerprint density at radius 3 is 2.45 bits per heavy atom. The normalized spacial score (nSPS) is 15.6.